The summed E-state index contributed by atoms with van der Waals surface area (Å²) in [5, 5.41) is 0. The second kappa shape index (κ2) is 4.19. The highest BCUT2D eigenvalue weighted by Gasteiger charge is 2.18. The fraction of sp³-hybridized carbons (Fsp3) is 0.400. The molecule has 0 aliphatic carbocycles. The molecule has 0 spiro atoms. The number of benzene rings is 1. The molecule has 1 heterocycles. The highest BCUT2D eigenvalue weighted by molar-refractivity contribution is 9.10. The van der Waals surface area contributed by atoms with Crippen LogP contribution in [-0.2, 0) is 4.74 Å². The van der Waals surface area contributed by atoms with Gasteiger partial charge in [0.25, 0.3) is 0 Å². The van der Waals surface area contributed by atoms with E-state index in [1.807, 2.05) is 18.2 Å². The van der Waals surface area contributed by atoms with Crippen LogP contribution in [-0.4, -0.2) is 19.3 Å². The highest BCUT2D eigenvalue weighted by atomic mass is 79.9. The quantitative estimate of drug-likeness (QED) is 0.827. The molecule has 14 heavy (non-hydrogen) atoms. The van der Waals surface area contributed by atoms with Crippen LogP contribution in [0.25, 0.3) is 0 Å². The molecule has 2 N–H and O–H groups in total. The summed E-state index contributed by atoms with van der Waals surface area (Å²) in [6.07, 6.45) is 1.11. The zero-order chi connectivity index (χ0) is 9.97. The predicted molar refractivity (Wildman–Crippen MR) is 58.4 cm³/mol. The van der Waals surface area contributed by atoms with Gasteiger partial charge >= 0.3 is 0 Å². The minimum atomic E-state index is 0.160. The van der Waals surface area contributed by atoms with E-state index in [9.17, 15) is 0 Å². The molecule has 0 radical (unpaired) electrons. The van der Waals surface area contributed by atoms with Crippen LogP contribution in [0.3, 0.4) is 0 Å². The van der Waals surface area contributed by atoms with Gasteiger partial charge in [0.05, 0.1) is 17.7 Å². The summed E-state index contributed by atoms with van der Waals surface area (Å²) in [5.74, 6) is 0.792. The van der Waals surface area contributed by atoms with Crippen LogP contribution in [0.1, 0.15) is 6.42 Å². The Morgan fingerprint density at radius 3 is 3.07 bits per heavy atom. The molecule has 0 bridgehead atoms. The van der Waals surface area contributed by atoms with Crippen LogP contribution >= 0.6 is 15.9 Å². The largest absolute Gasteiger partial charge is 0.487 e. The lowest BCUT2D eigenvalue weighted by Crippen LogP contribution is -2.16. The van der Waals surface area contributed by atoms with E-state index in [2.05, 4.69) is 15.9 Å². The normalized spacial score (nSPS) is 21.1. The Bertz CT molecular complexity index is 324. The zero-order valence-corrected chi connectivity index (χ0v) is 9.29. The SMILES string of the molecule is Nc1ccc(Br)c(OC2CCOC2)c1. The monoisotopic (exact) mass is 257 g/mol. The van der Waals surface area contributed by atoms with Crippen molar-refractivity contribution in [1.82, 2.24) is 0 Å². The number of nitrogen functional groups attached to an aromatic ring is 1. The third kappa shape index (κ3) is 2.19. The highest BCUT2D eigenvalue weighted by Crippen LogP contribution is 2.29. The molecule has 0 aromatic heterocycles. The predicted octanol–water partition coefficient (Wildman–Crippen LogP) is 2.20. The molecule has 1 atom stereocenters. The maximum atomic E-state index is 5.74. The van der Waals surface area contributed by atoms with Crippen molar-refractivity contribution in [1.29, 1.82) is 0 Å². The number of anilines is 1. The molecule has 0 amide bonds. The molecule has 1 fully saturated rings. The summed E-state index contributed by atoms with van der Waals surface area (Å²) in [4.78, 5) is 0. The molecule has 3 nitrogen and oxygen atoms in total. The molecule has 76 valence electrons. The first-order valence-corrected chi connectivity index (χ1v) is 5.34. The van der Waals surface area contributed by atoms with Crippen LogP contribution in [0.2, 0.25) is 0 Å². The fourth-order valence-corrected chi connectivity index (χ4v) is 1.74. The van der Waals surface area contributed by atoms with E-state index in [1.165, 1.54) is 0 Å². The Kier molecular flexibility index (Phi) is 2.93. The molecular weight excluding hydrogens is 246 g/mol. The molecule has 0 saturated carbocycles. The molecule has 4 heteroatoms. The van der Waals surface area contributed by atoms with Gasteiger partial charge < -0.3 is 15.2 Å². The summed E-state index contributed by atoms with van der Waals surface area (Å²) in [5.41, 5.74) is 6.38. The lowest BCUT2D eigenvalue weighted by molar-refractivity contribution is 0.141. The van der Waals surface area contributed by atoms with Gasteiger partial charge in [0.1, 0.15) is 11.9 Å². The Morgan fingerprint density at radius 1 is 1.50 bits per heavy atom. The summed E-state index contributed by atoms with van der Waals surface area (Å²) in [6.45, 7) is 1.45. The van der Waals surface area contributed by atoms with Crippen molar-refractivity contribution < 1.29 is 9.47 Å². The topological polar surface area (TPSA) is 44.5 Å². The molecule has 1 aromatic rings. The average Bonchev–Trinajstić information content (AvgIpc) is 2.64. The maximum Gasteiger partial charge on any atom is 0.136 e. The standard InChI is InChI=1S/C10H12BrNO2/c11-9-2-1-7(12)5-10(9)14-8-3-4-13-6-8/h1-2,5,8H,3-4,6,12H2. The molecule has 1 aromatic carbocycles. The second-order valence-corrected chi connectivity index (χ2v) is 4.15. The zero-order valence-electron chi connectivity index (χ0n) is 7.70. The van der Waals surface area contributed by atoms with Crippen LogP contribution in [0, 0.1) is 0 Å². The minimum absolute atomic E-state index is 0.160. The van der Waals surface area contributed by atoms with Crippen molar-refractivity contribution in [2.75, 3.05) is 18.9 Å². The Hall–Kier alpha value is -0.740. The van der Waals surface area contributed by atoms with Crippen molar-refractivity contribution in [2.45, 2.75) is 12.5 Å². The average molecular weight is 258 g/mol. The number of nitrogens with two attached hydrogens (primary N) is 1. The van der Waals surface area contributed by atoms with Crippen molar-refractivity contribution in [3.05, 3.63) is 22.7 Å². The van der Waals surface area contributed by atoms with E-state index in [4.69, 9.17) is 15.2 Å². The molecule has 1 aliphatic heterocycles. The van der Waals surface area contributed by atoms with Gasteiger partial charge in [0.15, 0.2) is 0 Å². The van der Waals surface area contributed by atoms with Gasteiger partial charge in [-0.2, -0.15) is 0 Å². The van der Waals surface area contributed by atoms with Crippen molar-refractivity contribution in [2.24, 2.45) is 0 Å². The van der Waals surface area contributed by atoms with E-state index < -0.39 is 0 Å². The van der Waals surface area contributed by atoms with Gasteiger partial charge in [-0.25, -0.2) is 0 Å². The molecule has 1 aliphatic rings. The fourth-order valence-electron chi connectivity index (χ4n) is 1.40. The maximum absolute atomic E-state index is 5.74. The van der Waals surface area contributed by atoms with E-state index in [0.717, 1.165) is 23.2 Å². The van der Waals surface area contributed by atoms with Gasteiger partial charge in [-0.15, -0.1) is 0 Å². The van der Waals surface area contributed by atoms with Crippen LogP contribution < -0.4 is 10.5 Å². The molecule has 1 saturated heterocycles. The molecular formula is C10H12BrNO2. The first-order chi connectivity index (χ1) is 6.75. The smallest absolute Gasteiger partial charge is 0.136 e. The van der Waals surface area contributed by atoms with E-state index in [-0.39, 0.29) is 6.10 Å². The summed E-state index contributed by atoms with van der Waals surface area (Å²) >= 11 is 3.42. The first-order valence-electron chi connectivity index (χ1n) is 4.55. The third-order valence-electron chi connectivity index (χ3n) is 2.14. The summed E-state index contributed by atoms with van der Waals surface area (Å²) in [6, 6.07) is 5.55. The lowest BCUT2D eigenvalue weighted by Gasteiger charge is -2.13. The van der Waals surface area contributed by atoms with Crippen molar-refractivity contribution in [3.8, 4) is 5.75 Å². The van der Waals surface area contributed by atoms with E-state index in [1.54, 1.807) is 0 Å². The first kappa shape index (κ1) is 9.80. The van der Waals surface area contributed by atoms with Crippen molar-refractivity contribution in [3.63, 3.8) is 0 Å². The van der Waals surface area contributed by atoms with Crippen molar-refractivity contribution >= 4 is 21.6 Å². The van der Waals surface area contributed by atoms with E-state index >= 15 is 0 Å². The van der Waals surface area contributed by atoms with Crippen LogP contribution in [0.4, 0.5) is 5.69 Å². The lowest BCUT2D eigenvalue weighted by atomic mass is 10.3. The number of ether oxygens (including phenoxy) is 2. The van der Waals surface area contributed by atoms with Gasteiger partial charge in [-0.05, 0) is 28.1 Å². The van der Waals surface area contributed by atoms with Gasteiger partial charge in [0.2, 0.25) is 0 Å². The Morgan fingerprint density at radius 2 is 2.36 bits per heavy atom. The molecule has 1 unspecified atom stereocenters. The van der Waals surface area contributed by atoms with Gasteiger partial charge in [-0.1, -0.05) is 0 Å². The second-order valence-electron chi connectivity index (χ2n) is 3.29. The van der Waals surface area contributed by atoms with Crippen LogP contribution in [0.5, 0.6) is 5.75 Å². The number of rotatable bonds is 2. The Balaban J connectivity index is 2.10. The molecule has 2 rings (SSSR count). The van der Waals surface area contributed by atoms with Crippen LogP contribution in [0.15, 0.2) is 22.7 Å². The number of hydrogen-bond donors (Lipinski definition) is 1. The van der Waals surface area contributed by atoms with Gasteiger partial charge in [0, 0.05) is 18.2 Å². The summed E-state index contributed by atoms with van der Waals surface area (Å²) < 4.78 is 11.9. The minimum Gasteiger partial charge on any atom is -0.487 e. The van der Waals surface area contributed by atoms with E-state index in [0.29, 0.717) is 12.3 Å². The number of hydrogen-bond acceptors (Lipinski definition) is 3. The third-order valence-corrected chi connectivity index (χ3v) is 2.79. The Labute approximate surface area is 91.3 Å². The van der Waals surface area contributed by atoms with Gasteiger partial charge in [-0.3, -0.25) is 0 Å². The number of halogens is 1. The summed E-state index contributed by atoms with van der Waals surface area (Å²) in [7, 11) is 0.